The van der Waals surface area contributed by atoms with Crippen molar-refractivity contribution in [2.75, 3.05) is 6.54 Å². The van der Waals surface area contributed by atoms with E-state index < -0.39 is 6.09 Å². The molecule has 0 bridgehead atoms. The molecule has 1 amide bonds. The Bertz CT molecular complexity index is 653. The van der Waals surface area contributed by atoms with Crippen LogP contribution in [0.1, 0.15) is 25.2 Å². The van der Waals surface area contributed by atoms with Crippen LogP contribution in [-0.4, -0.2) is 32.6 Å². The Balaban J connectivity index is 1.87. The number of hydrogen-bond acceptors (Lipinski definition) is 2. The molecule has 2 heterocycles. The van der Waals surface area contributed by atoms with Crippen LogP contribution in [0.5, 0.6) is 0 Å². The minimum atomic E-state index is -0.883. The molecular formula is C15H16BrN3O2. The fourth-order valence-electron chi connectivity index (χ4n) is 2.80. The highest BCUT2D eigenvalue weighted by molar-refractivity contribution is 9.10. The fourth-order valence-corrected chi connectivity index (χ4v) is 3.06. The van der Waals surface area contributed by atoms with Gasteiger partial charge < -0.3 is 10.1 Å². The molecule has 1 aliphatic rings. The van der Waals surface area contributed by atoms with Crippen LogP contribution in [-0.2, 0) is 0 Å². The zero-order valence-electron chi connectivity index (χ0n) is 11.6. The molecule has 110 valence electrons. The van der Waals surface area contributed by atoms with E-state index in [1.807, 2.05) is 24.3 Å². The van der Waals surface area contributed by atoms with Gasteiger partial charge in [0.1, 0.15) is 5.82 Å². The highest BCUT2D eigenvalue weighted by atomic mass is 79.9. The molecule has 2 N–H and O–H groups in total. The van der Waals surface area contributed by atoms with E-state index in [-0.39, 0.29) is 6.04 Å². The molecule has 21 heavy (non-hydrogen) atoms. The Morgan fingerprint density at radius 1 is 1.43 bits per heavy atom. The third kappa shape index (κ3) is 2.81. The second-order valence-corrected chi connectivity index (χ2v) is 6.40. The van der Waals surface area contributed by atoms with Crippen molar-refractivity contribution in [2.45, 2.75) is 19.4 Å². The summed E-state index contributed by atoms with van der Waals surface area (Å²) in [6.07, 6.45) is 1.69. The minimum Gasteiger partial charge on any atom is -0.465 e. The van der Waals surface area contributed by atoms with Gasteiger partial charge in [-0.3, -0.25) is 4.90 Å². The van der Waals surface area contributed by atoms with E-state index in [1.165, 1.54) is 4.90 Å². The Hall–Kier alpha value is -1.82. The van der Waals surface area contributed by atoms with E-state index in [4.69, 9.17) is 0 Å². The number of nitrogens with zero attached hydrogens (tertiary/aromatic N) is 2. The summed E-state index contributed by atoms with van der Waals surface area (Å²) >= 11 is 3.41. The van der Waals surface area contributed by atoms with E-state index in [9.17, 15) is 9.90 Å². The highest BCUT2D eigenvalue weighted by Gasteiger charge is 2.35. The van der Waals surface area contributed by atoms with Crippen molar-refractivity contribution in [1.82, 2.24) is 14.9 Å². The third-order valence-corrected chi connectivity index (χ3v) is 4.35. The van der Waals surface area contributed by atoms with Gasteiger partial charge in [0.25, 0.3) is 0 Å². The maximum absolute atomic E-state index is 11.3. The van der Waals surface area contributed by atoms with Crippen molar-refractivity contribution in [3.05, 3.63) is 40.8 Å². The lowest BCUT2D eigenvalue weighted by atomic mass is 10.1. The van der Waals surface area contributed by atoms with Crippen molar-refractivity contribution in [3.63, 3.8) is 0 Å². The van der Waals surface area contributed by atoms with Crippen molar-refractivity contribution >= 4 is 22.0 Å². The number of aromatic nitrogens is 2. The van der Waals surface area contributed by atoms with Crippen LogP contribution in [0.25, 0.3) is 11.3 Å². The summed E-state index contributed by atoms with van der Waals surface area (Å²) in [6, 6.07) is 7.75. The Morgan fingerprint density at radius 3 is 2.81 bits per heavy atom. The van der Waals surface area contributed by atoms with Gasteiger partial charge in [-0.2, -0.15) is 0 Å². The summed E-state index contributed by atoms with van der Waals surface area (Å²) in [5.74, 6) is 1.08. The second-order valence-electron chi connectivity index (χ2n) is 5.48. The molecule has 3 rings (SSSR count). The van der Waals surface area contributed by atoms with Crippen LogP contribution in [0.3, 0.4) is 0 Å². The Morgan fingerprint density at radius 2 is 2.14 bits per heavy atom. The monoisotopic (exact) mass is 349 g/mol. The number of halogens is 1. The highest BCUT2D eigenvalue weighted by Crippen LogP contribution is 2.34. The summed E-state index contributed by atoms with van der Waals surface area (Å²) < 4.78 is 1.02. The van der Waals surface area contributed by atoms with Crippen LogP contribution in [0.4, 0.5) is 4.79 Å². The number of H-pyrrole nitrogens is 1. The molecule has 1 aliphatic heterocycles. The van der Waals surface area contributed by atoms with Gasteiger partial charge in [0, 0.05) is 11.0 Å². The molecule has 0 unspecified atom stereocenters. The molecule has 1 fully saturated rings. The first kappa shape index (κ1) is 14.1. The number of benzene rings is 1. The summed E-state index contributed by atoms with van der Waals surface area (Å²) in [5, 5.41) is 9.30. The number of hydrogen-bond donors (Lipinski definition) is 2. The summed E-state index contributed by atoms with van der Waals surface area (Å²) in [6.45, 7) is 2.63. The average molecular weight is 350 g/mol. The van der Waals surface area contributed by atoms with E-state index in [0.29, 0.717) is 12.5 Å². The summed E-state index contributed by atoms with van der Waals surface area (Å²) in [4.78, 5) is 20.4. The van der Waals surface area contributed by atoms with Crippen LogP contribution in [0.15, 0.2) is 34.9 Å². The van der Waals surface area contributed by atoms with Gasteiger partial charge >= 0.3 is 6.09 Å². The van der Waals surface area contributed by atoms with Gasteiger partial charge in [-0.25, -0.2) is 9.78 Å². The molecule has 2 atom stereocenters. The number of likely N-dealkylation sites (tertiary alicyclic amines) is 1. The standard InChI is InChI=1S/C15H16BrN3O2/c1-9-6-13(19(8-9)15(20)21)14-17-7-12(18-14)10-2-4-11(16)5-3-10/h2-5,7,9,13H,6,8H2,1H3,(H,17,18)(H,20,21)/t9-,13-/m0/s1. The maximum Gasteiger partial charge on any atom is 0.407 e. The van der Waals surface area contributed by atoms with Gasteiger partial charge in [0.2, 0.25) is 0 Å². The topological polar surface area (TPSA) is 69.2 Å². The van der Waals surface area contributed by atoms with Gasteiger partial charge in [0.15, 0.2) is 0 Å². The van der Waals surface area contributed by atoms with Crippen LogP contribution >= 0.6 is 15.9 Å². The van der Waals surface area contributed by atoms with E-state index in [2.05, 4.69) is 32.8 Å². The molecule has 0 aliphatic carbocycles. The van der Waals surface area contributed by atoms with Crippen LogP contribution in [0.2, 0.25) is 0 Å². The molecule has 5 nitrogen and oxygen atoms in total. The zero-order chi connectivity index (χ0) is 15.0. The van der Waals surface area contributed by atoms with E-state index >= 15 is 0 Å². The SMILES string of the molecule is C[C@H]1C[C@@H](c2ncc(-c3ccc(Br)cc3)[nH]2)N(C(=O)O)C1. The average Bonchev–Trinajstić information content (AvgIpc) is 3.06. The molecule has 0 radical (unpaired) electrons. The van der Waals surface area contributed by atoms with E-state index in [0.717, 1.165) is 28.0 Å². The number of aromatic amines is 1. The lowest BCUT2D eigenvalue weighted by Crippen LogP contribution is -2.29. The number of nitrogens with one attached hydrogen (secondary N) is 1. The van der Waals surface area contributed by atoms with E-state index in [1.54, 1.807) is 6.20 Å². The fraction of sp³-hybridized carbons (Fsp3) is 0.333. The lowest BCUT2D eigenvalue weighted by molar-refractivity contribution is 0.138. The first-order valence-electron chi connectivity index (χ1n) is 6.85. The molecule has 1 saturated heterocycles. The lowest BCUT2D eigenvalue weighted by Gasteiger charge is -2.19. The number of imidazole rings is 1. The number of rotatable bonds is 2. The zero-order valence-corrected chi connectivity index (χ0v) is 13.2. The third-order valence-electron chi connectivity index (χ3n) is 3.82. The maximum atomic E-state index is 11.3. The smallest absolute Gasteiger partial charge is 0.407 e. The van der Waals surface area contributed by atoms with Gasteiger partial charge in [-0.1, -0.05) is 35.0 Å². The van der Waals surface area contributed by atoms with Gasteiger partial charge in [-0.15, -0.1) is 0 Å². The Labute approximate surface area is 131 Å². The predicted octanol–water partition coefficient (Wildman–Crippen LogP) is 3.90. The number of carbonyl (C=O) groups is 1. The van der Waals surface area contributed by atoms with Crippen molar-refractivity contribution in [1.29, 1.82) is 0 Å². The molecule has 0 saturated carbocycles. The molecule has 6 heteroatoms. The van der Waals surface area contributed by atoms with Gasteiger partial charge in [-0.05, 0) is 30.0 Å². The molecule has 2 aromatic rings. The Kier molecular flexibility index (Phi) is 3.71. The van der Waals surface area contributed by atoms with Crippen LogP contribution < -0.4 is 0 Å². The number of amides is 1. The minimum absolute atomic E-state index is 0.179. The predicted molar refractivity (Wildman–Crippen MR) is 83.0 cm³/mol. The van der Waals surface area contributed by atoms with Crippen molar-refractivity contribution in [3.8, 4) is 11.3 Å². The van der Waals surface area contributed by atoms with Crippen molar-refractivity contribution in [2.24, 2.45) is 5.92 Å². The molecule has 1 aromatic carbocycles. The molecular weight excluding hydrogens is 334 g/mol. The first-order chi connectivity index (χ1) is 10.0. The number of carboxylic acid groups (broad SMARTS) is 1. The van der Waals surface area contributed by atoms with Gasteiger partial charge in [0.05, 0.1) is 17.9 Å². The largest absolute Gasteiger partial charge is 0.465 e. The van der Waals surface area contributed by atoms with Crippen molar-refractivity contribution < 1.29 is 9.90 Å². The van der Waals surface area contributed by atoms with Crippen LogP contribution in [0, 0.1) is 5.92 Å². The second kappa shape index (κ2) is 5.52. The summed E-state index contributed by atoms with van der Waals surface area (Å²) in [5.41, 5.74) is 1.94. The molecule has 0 spiro atoms. The normalized spacial score (nSPS) is 21.7. The molecule has 1 aromatic heterocycles. The first-order valence-corrected chi connectivity index (χ1v) is 7.64. The quantitative estimate of drug-likeness (QED) is 0.863. The summed E-state index contributed by atoms with van der Waals surface area (Å²) in [7, 11) is 0.